The molecule has 0 atom stereocenters. The number of aromatic nitrogens is 6. The van der Waals surface area contributed by atoms with Crippen LogP contribution in [0.1, 0.15) is 41.5 Å². The number of benzene rings is 2. The number of anilines is 3. The molecule has 0 aliphatic heterocycles. The fraction of sp³-hybridized carbons (Fsp3) is 0.300. The molecule has 29 nitrogen and oxygen atoms in total. The van der Waals surface area contributed by atoms with Crippen molar-refractivity contribution in [2.24, 2.45) is 0 Å². The van der Waals surface area contributed by atoms with Gasteiger partial charge < -0.3 is 49.4 Å². The number of carboxylic acid groups (broad SMARTS) is 1. The highest BCUT2D eigenvalue weighted by molar-refractivity contribution is 7.90. The van der Waals surface area contributed by atoms with Gasteiger partial charge in [0, 0.05) is 50.0 Å². The molecule has 0 spiro atoms. The fourth-order valence-corrected chi connectivity index (χ4v) is 6.94. The van der Waals surface area contributed by atoms with Gasteiger partial charge in [0.2, 0.25) is 34.9 Å². The number of amides is 3. The van der Waals surface area contributed by atoms with E-state index in [1.807, 2.05) is 20.8 Å². The van der Waals surface area contributed by atoms with E-state index in [9.17, 15) is 42.3 Å². The van der Waals surface area contributed by atoms with Crippen molar-refractivity contribution in [3.63, 3.8) is 0 Å². The second kappa shape index (κ2) is 30.0. The van der Waals surface area contributed by atoms with Crippen molar-refractivity contribution in [1.82, 2.24) is 44.8 Å². The third-order valence-corrected chi connectivity index (χ3v) is 10.5. The first-order valence-corrected chi connectivity index (χ1v) is 24.9. The van der Waals surface area contributed by atoms with Gasteiger partial charge in [0.1, 0.15) is 17.1 Å². The van der Waals surface area contributed by atoms with Crippen molar-refractivity contribution in [1.29, 1.82) is 0 Å². The predicted octanol–water partition coefficient (Wildman–Crippen LogP) is 5.15. The van der Waals surface area contributed by atoms with Crippen LogP contribution >= 0.6 is 42.4 Å². The Bertz CT molecular complexity index is 2900. The van der Waals surface area contributed by atoms with Crippen LogP contribution in [-0.2, 0) is 24.1 Å². The Morgan fingerprint density at radius 2 is 1.51 bits per heavy atom. The van der Waals surface area contributed by atoms with Gasteiger partial charge in [0.05, 0.1) is 55.7 Å². The van der Waals surface area contributed by atoms with E-state index in [1.54, 1.807) is 16.9 Å². The standard InChI is InChI=1S/C15H18N6O6S.C14H9Cl2NO5.C8H14ClN5.C3H8NO5P/c1-21(2)13(22)9-6-5-7-16-12(9)28(24,25)20-15(23)19-14-17-10(26-3)8-11(18-14)27-4;1-21-14(18)10-7-9(3-4-12(10)17(19)20)22-13-5-2-8(15)6-11(13)16;1-4-10-7-12-6(9)13-8(14-7)11-5(2)3;5-3(6)1-4-2-10(7,8)9/h5-8H,1-4H3,(H2,17,18,19,20,23);2-7H,1H3;5H,4H2,1-3H3,(H2,10,11,12,13,14);4H,1-2H2,(H,5,6)(H2,7,8,9). The molecule has 3 amide bonds. The summed E-state index contributed by atoms with van der Waals surface area (Å²) in [5, 5.41) is 29.5. The number of nitro groups is 1. The number of ether oxygens (including phenoxy) is 4. The van der Waals surface area contributed by atoms with E-state index in [1.165, 1.54) is 75.8 Å². The van der Waals surface area contributed by atoms with Crippen LogP contribution in [0.5, 0.6) is 23.3 Å². The molecule has 0 aliphatic carbocycles. The zero-order chi connectivity index (χ0) is 55.9. The molecular weight excluding hydrogens is 1090 g/mol. The minimum Gasteiger partial charge on any atom is -0.481 e. The van der Waals surface area contributed by atoms with Crippen LogP contribution in [0.25, 0.3) is 0 Å². The Hall–Kier alpha value is -7.31. The Labute approximate surface area is 437 Å². The number of nitrogens with one attached hydrogen (secondary N) is 5. The highest BCUT2D eigenvalue weighted by Crippen LogP contribution is 2.34. The molecule has 3 heterocycles. The van der Waals surface area contributed by atoms with E-state index >= 15 is 0 Å². The third-order valence-electron chi connectivity index (χ3n) is 7.86. The molecule has 0 bridgehead atoms. The number of nitro benzene ring substituents is 1. The Morgan fingerprint density at radius 1 is 0.878 bits per heavy atom. The van der Waals surface area contributed by atoms with E-state index in [2.05, 4.69) is 55.9 Å². The number of halogens is 3. The molecule has 0 saturated carbocycles. The molecule has 0 unspecified atom stereocenters. The lowest BCUT2D eigenvalue weighted by Crippen LogP contribution is -2.36. The minimum atomic E-state index is -4.46. The van der Waals surface area contributed by atoms with Gasteiger partial charge in [-0.25, -0.2) is 19.3 Å². The molecule has 5 aromatic rings. The number of sulfonamides is 1. The van der Waals surface area contributed by atoms with Crippen LogP contribution < -0.4 is 40.2 Å². The van der Waals surface area contributed by atoms with Gasteiger partial charge in [0.25, 0.3) is 21.6 Å². The van der Waals surface area contributed by atoms with Crippen molar-refractivity contribution in [3.8, 4) is 23.3 Å². The predicted molar refractivity (Wildman–Crippen MR) is 268 cm³/mol. The van der Waals surface area contributed by atoms with Gasteiger partial charge in [0.15, 0.2) is 5.03 Å². The number of aliphatic carboxylic acids is 1. The summed E-state index contributed by atoms with van der Waals surface area (Å²) in [6, 6.07) is 11.5. The quantitative estimate of drug-likeness (QED) is 0.0243. The van der Waals surface area contributed by atoms with E-state index in [4.69, 9.17) is 63.9 Å². The van der Waals surface area contributed by atoms with E-state index < -0.39 is 64.3 Å². The van der Waals surface area contributed by atoms with E-state index in [0.29, 0.717) is 22.7 Å². The summed E-state index contributed by atoms with van der Waals surface area (Å²) in [4.78, 5) is 96.9. The lowest BCUT2D eigenvalue weighted by Gasteiger charge is -2.14. The second-order valence-electron chi connectivity index (χ2n) is 14.2. The summed E-state index contributed by atoms with van der Waals surface area (Å²) in [5.41, 5.74) is -0.774. The van der Waals surface area contributed by atoms with Crippen molar-refractivity contribution < 1.29 is 70.9 Å². The number of rotatable bonds is 18. The van der Waals surface area contributed by atoms with Crippen molar-refractivity contribution >= 4 is 99.8 Å². The molecule has 8 N–H and O–H groups in total. The molecule has 3 aromatic heterocycles. The first-order valence-electron chi connectivity index (χ1n) is 20.5. The van der Waals surface area contributed by atoms with Crippen LogP contribution in [0.4, 0.5) is 28.3 Å². The van der Waals surface area contributed by atoms with Crippen LogP contribution in [0, 0.1) is 10.1 Å². The van der Waals surface area contributed by atoms with Gasteiger partial charge in [-0.2, -0.15) is 33.3 Å². The number of pyridine rings is 1. The molecule has 0 fully saturated rings. The Balaban J connectivity index is 0.000000362. The average Bonchev–Trinajstić information content (AvgIpc) is 3.31. The van der Waals surface area contributed by atoms with Crippen LogP contribution in [0.2, 0.25) is 15.3 Å². The normalized spacial score (nSPS) is 10.6. The summed E-state index contributed by atoms with van der Waals surface area (Å²) < 4.78 is 56.8. The zero-order valence-electron chi connectivity index (χ0n) is 40.2. The number of hydrogen-bond acceptors (Lipinski definition) is 22. The number of carboxylic acids is 1. The number of hydrogen-bond donors (Lipinski definition) is 8. The van der Waals surface area contributed by atoms with Crippen LogP contribution in [0.15, 0.2) is 65.8 Å². The molecule has 74 heavy (non-hydrogen) atoms. The van der Waals surface area contributed by atoms with E-state index in [0.717, 1.165) is 19.7 Å². The van der Waals surface area contributed by atoms with Gasteiger partial charge in [-0.05, 0) is 68.8 Å². The maximum absolute atomic E-state index is 12.5. The highest BCUT2D eigenvalue weighted by atomic mass is 35.5. The highest BCUT2D eigenvalue weighted by Gasteiger charge is 2.27. The van der Waals surface area contributed by atoms with Crippen molar-refractivity contribution in [3.05, 3.63) is 97.4 Å². The summed E-state index contributed by atoms with van der Waals surface area (Å²) in [6.45, 7) is 6.29. The van der Waals surface area contributed by atoms with Crippen LogP contribution in [0.3, 0.4) is 0 Å². The number of carbonyl (C=O) groups excluding carboxylic acids is 3. The first kappa shape index (κ1) is 62.8. The van der Waals surface area contributed by atoms with Gasteiger partial charge in [-0.15, -0.1) is 0 Å². The molecule has 0 radical (unpaired) electrons. The molecule has 5 rings (SSSR count). The fourth-order valence-electron chi connectivity index (χ4n) is 4.89. The molecule has 34 heteroatoms. The van der Waals surface area contributed by atoms with Gasteiger partial charge >= 0.3 is 25.6 Å². The number of urea groups is 1. The molecule has 402 valence electrons. The monoisotopic (exact) mass is 1140 g/mol. The maximum Gasteiger partial charge on any atom is 0.345 e. The summed E-state index contributed by atoms with van der Waals surface area (Å²) in [5.74, 6) is -1.14. The SMILES string of the molecule is CCNc1nc(Cl)nc(NC(C)C)n1.COC(=O)c1cc(Oc2ccc(Cl)cc2Cl)ccc1[N+](=O)[O-].COc1cc(OC)nc(NC(=O)NS(=O)(=O)c2ncccc2C(=O)N(C)C)n1.O=C(O)CNCP(=O)(O)O. The first-order chi connectivity index (χ1) is 34.6. The Morgan fingerprint density at radius 3 is 2.04 bits per heavy atom. The summed E-state index contributed by atoms with van der Waals surface area (Å²) in [6.07, 6.45) is 0.592. The topological polar surface area (TPSA) is 401 Å². The second-order valence-corrected chi connectivity index (χ2v) is 18.6. The third kappa shape index (κ3) is 22.2. The van der Waals surface area contributed by atoms with Crippen molar-refractivity contribution in [2.45, 2.75) is 31.8 Å². The van der Waals surface area contributed by atoms with Gasteiger partial charge in [-0.1, -0.05) is 23.2 Å². The molecular formula is C40H49Cl3N13O16PS. The molecule has 0 saturated heterocycles. The summed E-state index contributed by atoms with van der Waals surface area (Å²) >= 11 is 17.5. The lowest BCUT2D eigenvalue weighted by molar-refractivity contribution is -0.385. The molecule has 2 aromatic carbocycles. The maximum atomic E-state index is 12.5. The minimum absolute atomic E-state index is 0.0913. The lowest BCUT2D eigenvalue weighted by atomic mass is 10.1. The molecule has 0 aliphatic rings. The average molecular weight is 1140 g/mol. The Kier molecular flexibility index (Phi) is 25.5. The van der Waals surface area contributed by atoms with Crippen molar-refractivity contribution in [2.75, 3.05) is 70.8 Å². The van der Waals surface area contributed by atoms with Crippen LogP contribution in [-0.4, -0.2) is 148 Å². The number of methoxy groups -OCH3 is 3. The summed E-state index contributed by atoms with van der Waals surface area (Å²) in [7, 11) is -1.81. The largest absolute Gasteiger partial charge is 0.481 e. The smallest absolute Gasteiger partial charge is 0.345 e. The number of esters is 1. The number of carbonyl (C=O) groups is 4. The van der Waals surface area contributed by atoms with E-state index in [-0.39, 0.29) is 56.6 Å². The van der Waals surface area contributed by atoms with Gasteiger partial charge in [-0.3, -0.25) is 34.9 Å². The number of nitrogens with zero attached hydrogens (tertiary/aromatic N) is 8. The zero-order valence-corrected chi connectivity index (χ0v) is 44.2.